The van der Waals surface area contributed by atoms with Gasteiger partial charge in [-0.05, 0) is 101 Å². The zero-order valence-electron chi connectivity index (χ0n) is 38.1. The molecule has 9 aromatic rings. The van der Waals surface area contributed by atoms with E-state index in [0.717, 1.165) is 54.3 Å². The molecule has 0 saturated carbocycles. The van der Waals surface area contributed by atoms with Crippen LogP contribution in [0.1, 0.15) is 69.9 Å². The third kappa shape index (κ3) is 5.97. The Morgan fingerprint density at radius 2 is 1.14 bits per heavy atom. The highest BCUT2D eigenvalue weighted by molar-refractivity contribution is 7.20. The Bertz CT molecular complexity index is 3080. The molecular formula is C54H51N3OSi. The Kier molecular flexibility index (Phi) is 8.26. The molecule has 7 aromatic carbocycles. The van der Waals surface area contributed by atoms with Crippen molar-refractivity contribution >= 4 is 56.7 Å². The number of para-hydroxylation sites is 6. The molecule has 0 N–H and O–H groups in total. The van der Waals surface area contributed by atoms with Crippen molar-refractivity contribution in [1.29, 1.82) is 0 Å². The van der Waals surface area contributed by atoms with Crippen LogP contribution in [0.5, 0.6) is 11.5 Å². The molecule has 0 amide bonds. The molecule has 292 valence electrons. The average molecular weight is 790 g/mol. The number of nitrogens with zero attached hydrogens (tertiary/aromatic N) is 3. The van der Waals surface area contributed by atoms with Crippen LogP contribution in [0.3, 0.4) is 0 Å². The molecule has 5 heteroatoms. The second-order valence-electron chi connectivity index (χ2n) is 16.7. The highest BCUT2D eigenvalue weighted by Gasteiger charge is 2.49. The summed E-state index contributed by atoms with van der Waals surface area (Å²) in [4.78, 5) is 5.22. The minimum absolute atomic E-state index is 0.0397. The summed E-state index contributed by atoms with van der Waals surface area (Å²) in [5.74, 6) is 1.77. The summed E-state index contributed by atoms with van der Waals surface area (Å²) in [7, 11) is -3.47. The van der Waals surface area contributed by atoms with Gasteiger partial charge in [0, 0.05) is 27.7 Å². The van der Waals surface area contributed by atoms with Gasteiger partial charge < -0.3 is 4.74 Å². The lowest BCUT2D eigenvalue weighted by molar-refractivity contribution is 0.318. The first-order valence-electron chi connectivity index (χ1n) is 22.9. The van der Waals surface area contributed by atoms with E-state index in [2.05, 4.69) is 142 Å². The topological polar surface area (TPSA) is 31.5 Å². The van der Waals surface area contributed by atoms with Gasteiger partial charge in [-0.2, -0.15) is 0 Å². The fourth-order valence-corrected chi connectivity index (χ4v) is 14.2. The predicted molar refractivity (Wildman–Crippen MR) is 249 cm³/mol. The molecule has 1 aliphatic rings. The van der Waals surface area contributed by atoms with Gasteiger partial charge >= 0.3 is 0 Å². The van der Waals surface area contributed by atoms with Gasteiger partial charge in [0.15, 0.2) is 8.07 Å². The van der Waals surface area contributed by atoms with Crippen LogP contribution in [-0.2, 0) is 5.41 Å². The maximum atomic E-state index is 10.2. The Morgan fingerprint density at radius 1 is 0.576 bits per heavy atom. The lowest BCUT2D eigenvalue weighted by atomic mass is 9.65. The third-order valence-corrected chi connectivity index (χ3v) is 16.7. The summed E-state index contributed by atoms with van der Waals surface area (Å²) in [6.07, 6.45) is -3.73. The summed E-state index contributed by atoms with van der Waals surface area (Å²) < 4.78 is 52.7. The van der Waals surface area contributed by atoms with Crippen molar-refractivity contribution in [2.75, 3.05) is 0 Å². The van der Waals surface area contributed by atoms with Gasteiger partial charge in [-0.3, -0.25) is 8.97 Å². The van der Waals surface area contributed by atoms with E-state index in [1.807, 2.05) is 70.2 Å². The molecular weight excluding hydrogens is 735 g/mol. The fraction of sp³-hybridized carbons (Fsp3) is 0.204. The Balaban J connectivity index is 1.34. The molecule has 4 nitrogen and oxygen atoms in total. The van der Waals surface area contributed by atoms with Gasteiger partial charge in [-0.25, -0.2) is 4.98 Å². The van der Waals surface area contributed by atoms with Gasteiger partial charge in [0.25, 0.3) is 0 Å². The lowest BCUT2D eigenvalue weighted by Gasteiger charge is -2.44. The van der Waals surface area contributed by atoms with Gasteiger partial charge in [0.05, 0.1) is 22.1 Å². The van der Waals surface area contributed by atoms with E-state index in [0.29, 0.717) is 22.6 Å². The lowest BCUT2D eigenvalue weighted by Crippen LogP contribution is -2.75. The van der Waals surface area contributed by atoms with Crippen LogP contribution in [0.15, 0.2) is 176 Å². The van der Waals surface area contributed by atoms with Crippen LogP contribution in [-0.4, -0.2) is 22.0 Å². The zero-order valence-corrected chi connectivity index (χ0v) is 35.1. The van der Waals surface area contributed by atoms with Gasteiger partial charge in [-0.15, -0.1) is 0 Å². The number of fused-ring (bicyclic) bond motifs is 7. The number of benzene rings is 7. The van der Waals surface area contributed by atoms with Crippen LogP contribution in [0.4, 0.5) is 0 Å². The summed E-state index contributed by atoms with van der Waals surface area (Å²) in [5, 5.41) is 4.28. The van der Waals surface area contributed by atoms with Crippen LogP contribution in [0.2, 0.25) is 0 Å². The fourth-order valence-electron chi connectivity index (χ4n) is 9.34. The second kappa shape index (κ2) is 14.9. The number of imidazole rings is 2. The second-order valence-corrected chi connectivity index (χ2v) is 20.4. The number of hydrogen-bond donors (Lipinski definition) is 0. The molecule has 59 heavy (non-hydrogen) atoms. The smallest absolute Gasteiger partial charge is 0.220 e. The first-order valence-corrected chi connectivity index (χ1v) is 22.9. The SMILES string of the molecule is [2H]C([2H])(CC(C)C)C1(C([2H])([2H])CC(C)C)c2ccccc2Oc2c1cccc2[Si](c1ccccc1)(c1ccccc1)c1cccc(-n2c3ccccc3n3c4ccccc4nc23)c1. The van der Waals surface area contributed by atoms with Crippen LogP contribution < -0.4 is 25.5 Å². The van der Waals surface area contributed by atoms with E-state index in [4.69, 9.17) is 9.72 Å². The molecule has 2 aromatic heterocycles. The van der Waals surface area contributed by atoms with Gasteiger partial charge in [0.2, 0.25) is 5.78 Å². The molecule has 0 atom stereocenters. The monoisotopic (exact) mass is 789 g/mol. The minimum Gasteiger partial charge on any atom is -0.457 e. The molecule has 3 heterocycles. The molecule has 0 spiro atoms. The zero-order chi connectivity index (χ0) is 43.7. The molecule has 1 aliphatic heterocycles. The summed E-state index contributed by atoms with van der Waals surface area (Å²) in [5.41, 5.74) is 4.41. The number of aromatic nitrogens is 3. The quantitative estimate of drug-likeness (QED) is 0.0965. The molecule has 0 unspecified atom stereocenters. The van der Waals surface area contributed by atoms with E-state index in [1.54, 1.807) is 0 Å². The van der Waals surface area contributed by atoms with Crippen molar-refractivity contribution in [3.63, 3.8) is 0 Å². The molecule has 0 radical (unpaired) electrons. The average Bonchev–Trinajstić information content (AvgIpc) is 3.80. The Morgan fingerprint density at radius 3 is 1.83 bits per heavy atom. The van der Waals surface area contributed by atoms with Gasteiger partial charge in [-0.1, -0.05) is 161 Å². The van der Waals surface area contributed by atoms with Crippen molar-refractivity contribution in [2.24, 2.45) is 11.8 Å². The molecule has 0 bridgehead atoms. The van der Waals surface area contributed by atoms with E-state index in [-0.39, 0.29) is 24.7 Å². The van der Waals surface area contributed by atoms with Crippen molar-refractivity contribution in [3.8, 4) is 17.2 Å². The number of ether oxygens (including phenoxy) is 1. The van der Waals surface area contributed by atoms with Crippen molar-refractivity contribution in [3.05, 3.63) is 187 Å². The maximum Gasteiger partial charge on any atom is 0.220 e. The molecule has 0 aliphatic carbocycles. The number of rotatable bonds is 11. The first-order chi connectivity index (χ1) is 30.4. The van der Waals surface area contributed by atoms with Crippen molar-refractivity contribution < 1.29 is 10.2 Å². The summed E-state index contributed by atoms with van der Waals surface area (Å²) >= 11 is 0. The first kappa shape index (κ1) is 32.7. The molecule has 0 saturated heterocycles. The maximum absolute atomic E-state index is 10.2. The normalized spacial score (nSPS) is 15.1. The van der Waals surface area contributed by atoms with Crippen LogP contribution in [0, 0.1) is 11.8 Å². The van der Waals surface area contributed by atoms with Crippen molar-refractivity contribution in [1.82, 2.24) is 14.0 Å². The third-order valence-electron chi connectivity index (χ3n) is 11.9. The standard InChI is InChI=1S/C54H51N3OSi/c1-38(2)33-35-54(36-34-39(3)4)44-25-11-16-31-50(44)58-52-45(54)26-18-32-51(52)59(41-20-7-5-8-21-41,42-22-9-6-10-23-42)43-24-17-19-40(37-43)56-48-29-14-15-30-49(48)57-47-28-13-12-27-46(47)55-53(56)57/h5-32,37-39H,33-36H2,1-4H3/i35D2,36D2. The largest absolute Gasteiger partial charge is 0.457 e. The van der Waals surface area contributed by atoms with E-state index < -0.39 is 26.2 Å². The van der Waals surface area contributed by atoms with E-state index >= 15 is 0 Å². The highest BCUT2D eigenvalue weighted by atomic mass is 28.3. The molecule has 10 rings (SSSR count). The van der Waals surface area contributed by atoms with Crippen LogP contribution in [0.25, 0.3) is 33.5 Å². The van der Waals surface area contributed by atoms with Crippen molar-refractivity contribution in [2.45, 2.75) is 58.7 Å². The van der Waals surface area contributed by atoms with Crippen LogP contribution >= 0.6 is 0 Å². The number of hydrogen-bond acceptors (Lipinski definition) is 2. The minimum atomic E-state index is -3.47. The highest BCUT2D eigenvalue weighted by Crippen LogP contribution is 2.53. The van der Waals surface area contributed by atoms with Gasteiger partial charge in [0.1, 0.15) is 11.5 Å². The summed E-state index contributed by atoms with van der Waals surface area (Å²) in [6.45, 7) is 8.09. The van der Waals surface area contributed by atoms with E-state index in [9.17, 15) is 5.48 Å². The Hall–Kier alpha value is -6.17. The van der Waals surface area contributed by atoms with E-state index in [1.165, 1.54) is 0 Å². The summed E-state index contributed by atoms with van der Waals surface area (Å²) in [6, 6.07) is 60.7. The predicted octanol–water partition coefficient (Wildman–Crippen LogP) is 11.1. The molecule has 0 fully saturated rings. The Labute approximate surface area is 354 Å².